The summed E-state index contributed by atoms with van der Waals surface area (Å²) in [7, 11) is 0. The number of carboxylic acids is 1. The molecule has 1 atom stereocenters. The van der Waals surface area contributed by atoms with E-state index >= 15 is 0 Å². The van der Waals surface area contributed by atoms with E-state index in [0.29, 0.717) is 5.69 Å². The molecule has 1 unspecified atom stereocenters. The van der Waals surface area contributed by atoms with E-state index in [4.69, 9.17) is 5.11 Å². The number of hydrogen-bond acceptors (Lipinski definition) is 4. The van der Waals surface area contributed by atoms with Crippen LogP contribution in [0.15, 0.2) is 29.2 Å². The number of halogens is 3. The fourth-order valence-corrected chi connectivity index (χ4v) is 3.08. The quantitative estimate of drug-likeness (QED) is 0.832. The van der Waals surface area contributed by atoms with Gasteiger partial charge in [-0.15, -0.1) is 11.8 Å². The number of carboxylic acid groups (broad SMARTS) is 1. The van der Waals surface area contributed by atoms with Gasteiger partial charge in [0.25, 0.3) is 0 Å². The van der Waals surface area contributed by atoms with Gasteiger partial charge in [0.15, 0.2) is 0 Å². The minimum absolute atomic E-state index is 0.0925. The van der Waals surface area contributed by atoms with E-state index in [1.54, 1.807) is 24.3 Å². The molecule has 24 heavy (non-hydrogen) atoms. The van der Waals surface area contributed by atoms with Crippen LogP contribution < -0.4 is 10.2 Å². The summed E-state index contributed by atoms with van der Waals surface area (Å²) >= 11 is 1.29. The number of anilines is 1. The molecule has 2 N–H and O–H groups in total. The van der Waals surface area contributed by atoms with Gasteiger partial charge in [0.1, 0.15) is 12.6 Å². The first-order valence-electron chi connectivity index (χ1n) is 6.78. The van der Waals surface area contributed by atoms with Gasteiger partial charge in [0.05, 0.1) is 17.9 Å². The summed E-state index contributed by atoms with van der Waals surface area (Å²) in [5.74, 6) is -3.05. The normalized spacial score (nSPS) is 15.6. The first-order valence-corrected chi connectivity index (χ1v) is 7.77. The second kappa shape index (κ2) is 7.12. The zero-order valence-corrected chi connectivity index (χ0v) is 13.0. The Morgan fingerprint density at radius 1 is 1.33 bits per heavy atom. The molecule has 1 aromatic rings. The second-order valence-electron chi connectivity index (χ2n) is 5.01. The molecule has 0 aliphatic carbocycles. The van der Waals surface area contributed by atoms with Crippen LogP contribution in [0.1, 0.15) is 6.42 Å². The van der Waals surface area contributed by atoms with Crippen molar-refractivity contribution in [2.75, 3.05) is 17.2 Å². The van der Waals surface area contributed by atoms with E-state index in [1.165, 1.54) is 11.8 Å². The molecule has 130 valence electrons. The molecule has 0 spiro atoms. The maximum absolute atomic E-state index is 12.4. The van der Waals surface area contributed by atoms with Crippen LogP contribution in [-0.2, 0) is 14.4 Å². The van der Waals surface area contributed by atoms with Crippen molar-refractivity contribution in [3.63, 3.8) is 0 Å². The standard InChI is InChI=1S/C14H13F3N2O4S/c15-14(16,17)5-8(13(22)23)18-11(20)6-19-9-3-1-2-4-10(9)24-7-12(19)21/h1-4,8H,5-7H2,(H,18,20)(H,22,23). The van der Waals surface area contributed by atoms with E-state index in [-0.39, 0.29) is 11.7 Å². The Hall–Kier alpha value is -2.23. The summed E-state index contributed by atoms with van der Waals surface area (Å²) in [6, 6.07) is 4.68. The number of benzene rings is 1. The van der Waals surface area contributed by atoms with Crippen LogP contribution >= 0.6 is 11.8 Å². The lowest BCUT2D eigenvalue weighted by Crippen LogP contribution is -2.49. The summed E-state index contributed by atoms with van der Waals surface area (Å²) in [6.07, 6.45) is -6.42. The van der Waals surface area contributed by atoms with Gasteiger partial charge in [-0.05, 0) is 12.1 Å². The van der Waals surface area contributed by atoms with E-state index in [2.05, 4.69) is 0 Å². The average molecular weight is 362 g/mol. The summed E-state index contributed by atoms with van der Waals surface area (Å²) in [5.41, 5.74) is 0.469. The number of para-hydroxylation sites is 1. The van der Waals surface area contributed by atoms with Gasteiger partial charge in [0, 0.05) is 4.90 Å². The molecule has 6 nitrogen and oxygen atoms in total. The lowest BCUT2D eigenvalue weighted by atomic mass is 10.2. The van der Waals surface area contributed by atoms with Crippen LogP contribution in [-0.4, -0.2) is 47.4 Å². The van der Waals surface area contributed by atoms with Gasteiger partial charge in [-0.3, -0.25) is 9.59 Å². The zero-order chi connectivity index (χ0) is 17.9. The minimum atomic E-state index is -4.74. The maximum atomic E-state index is 12.4. The average Bonchev–Trinajstić information content (AvgIpc) is 2.48. The number of carbonyl (C=O) groups is 3. The Kier molecular flexibility index (Phi) is 5.37. The SMILES string of the molecule is O=C(CN1C(=O)CSc2ccccc21)NC(CC(F)(F)F)C(=O)O. The summed E-state index contributed by atoms with van der Waals surface area (Å²) in [5, 5.41) is 10.6. The molecule has 0 saturated heterocycles. The van der Waals surface area contributed by atoms with Gasteiger partial charge in [0.2, 0.25) is 11.8 Å². The molecular weight excluding hydrogens is 349 g/mol. The third-order valence-corrected chi connectivity index (χ3v) is 4.23. The fourth-order valence-electron chi connectivity index (χ4n) is 2.14. The minimum Gasteiger partial charge on any atom is -0.480 e. The Morgan fingerprint density at radius 2 is 2.00 bits per heavy atom. The van der Waals surface area contributed by atoms with Crippen molar-refractivity contribution in [1.29, 1.82) is 0 Å². The van der Waals surface area contributed by atoms with Gasteiger partial charge < -0.3 is 15.3 Å². The number of nitrogens with zero attached hydrogens (tertiary/aromatic N) is 1. The second-order valence-corrected chi connectivity index (χ2v) is 6.03. The molecular formula is C14H13F3N2O4S. The number of rotatable bonds is 5. The largest absolute Gasteiger partial charge is 0.480 e. The van der Waals surface area contributed by atoms with Crippen LogP contribution in [0.2, 0.25) is 0 Å². The van der Waals surface area contributed by atoms with E-state index < -0.39 is 37.1 Å². The van der Waals surface area contributed by atoms with Gasteiger partial charge in [-0.2, -0.15) is 13.2 Å². The first kappa shape index (κ1) is 18.1. The third-order valence-electron chi connectivity index (χ3n) is 3.18. The van der Waals surface area contributed by atoms with Crippen molar-refractivity contribution in [3.05, 3.63) is 24.3 Å². The predicted molar refractivity (Wildman–Crippen MR) is 79.8 cm³/mol. The molecule has 10 heteroatoms. The van der Waals surface area contributed by atoms with Crippen molar-refractivity contribution in [3.8, 4) is 0 Å². The molecule has 0 aromatic heterocycles. The Morgan fingerprint density at radius 3 is 2.62 bits per heavy atom. The number of thioether (sulfide) groups is 1. The van der Waals surface area contributed by atoms with Crippen LogP contribution in [0.25, 0.3) is 0 Å². The number of amides is 2. The highest BCUT2D eigenvalue weighted by Gasteiger charge is 2.37. The lowest BCUT2D eigenvalue weighted by molar-refractivity contribution is -0.159. The smallest absolute Gasteiger partial charge is 0.391 e. The van der Waals surface area contributed by atoms with E-state index in [1.807, 2.05) is 5.32 Å². The molecule has 0 bridgehead atoms. The van der Waals surface area contributed by atoms with Crippen molar-refractivity contribution in [1.82, 2.24) is 5.32 Å². The Labute approximate surface area is 139 Å². The highest BCUT2D eigenvalue weighted by molar-refractivity contribution is 8.00. The van der Waals surface area contributed by atoms with Crippen LogP contribution in [0.4, 0.5) is 18.9 Å². The Bertz CT molecular complexity index is 666. The summed E-state index contributed by atoms with van der Waals surface area (Å²) in [4.78, 5) is 36.7. The van der Waals surface area contributed by atoms with Crippen LogP contribution in [0.3, 0.4) is 0 Å². The number of fused-ring (bicyclic) bond motifs is 1. The number of carbonyl (C=O) groups excluding carboxylic acids is 2. The number of hydrogen-bond donors (Lipinski definition) is 2. The van der Waals surface area contributed by atoms with Crippen molar-refractivity contribution < 1.29 is 32.7 Å². The first-order chi connectivity index (χ1) is 11.2. The molecule has 1 aromatic carbocycles. The molecule has 1 aliphatic heterocycles. The third kappa shape index (κ3) is 4.63. The molecule has 2 rings (SSSR count). The van der Waals surface area contributed by atoms with Gasteiger partial charge in [-0.1, -0.05) is 12.1 Å². The van der Waals surface area contributed by atoms with E-state index in [0.717, 1.165) is 9.80 Å². The fraction of sp³-hybridized carbons (Fsp3) is 0.357. The number of aliphatic carboxylic acids is 1. The highest BCUT2D eigenvalue weighted by atomic mass is 32.2. The Balaban J connectivity index is 2.08. The van der Waals surface area contributed by atoms with Crippen molar-refractivity contribution >= 4 is 35.2 Å². The van der Waals surface area contributed by atoms with Crippen LogP contribution in [0, 0.1) is 0 Å². The molecule has 0 fully saturated rings. The summed E-state index contributed by atoms with van der Waals surface area (Å²) in [6.45, 7) is -0.544. The monoisotopic (exact) mass is 362 g/mol. The molecule has 1 aliphatic rings. The van der Waals surface area contributed by atoms with E-state index in [9.17, 15) is 27.6 Å². The molecule has 1 heterocycles. The maximum Gasteiger partial charge on any atom is 0.391 e. The van der Waals surface area contributed by atoms with Gasteiger partial charge in [-0.25, -0.2) is 4.79 Å². The molecule has 0 radical (unpaired) electrons. The van der Waals surface area contributed by atoms with Crippen LogP contribution in [0.5, 0.6) is 0 Å². The zero-order valence-electron chi connectivity index (χ0n) is 12.2. The molecule has 0 saturated carbocycles. The molecule has 2 amide bonds. The number of alkyl halides is 3. The summed E-state index contributed by atoms with van der Waals surface area (Å²) < 4.78 is 37.1. The van der Waals surface area contributed by atoms with Crippen molar-refractivity contribution in [2.45, 2.75) is 23.5 Å². The van der Waals surface area contributed by atoms with Crippen molar-refractivity contribution in [2.24, 2.45) is 0 Å². The predicted octanol–water partition coefficient (Wildman–Crippen LogP) is 1.65. The highest BCUT2D eigenvalue weighted by Crippen LogP contribution is 2.34. The lowest BCUT2D eigenvalue weighted by Gasteiger charge is -2.28. The topological polar surface area (TPSA) is 86.7 Å². The van der Waals surface area contributed by atoms with Gasteiger partial charge >= 0.3 is 12.1 Å². The number of nitrogens with one attached hydrogen (secondary N) is 1.